The van der Waals surface area contributed by atoms with Gasteiger partial charge in [-0.15, -0.1) is 0 Å². The summed E-state index contributed by atoms with van der Waals surface area (Å²) in [5, 5.41) is 7.14. The minimum Gasteiger partial charge on any atom is -0.351 e. The fourth-order valence-corrected chi connectivity index (χ4v) is 4.58. The number of nitrogens with zero attached hydrogens (tertiary/aromatic N) is 3. The first-order chi connectivity index (χ1) is 15.4. The van der Waals surface area contributed by atoms with Crippen LogP contribution >= 0.6 is 12.2 Å². The van der Waals surface area contributed by atoms with Gasteiger partial charge in [-0.1, -0.05) is 13.0 Å². The predicted molar refractivity (Wildman–Crippen MR) is 133 cm³/mol. The second-order valence-corrected chi connectivity index (χ2v) is 8.72. The molecule has 1 aliphatic rings. The number of carbonyl (C=O) groups is 1. The van der Waals surface area contributed by atoms with E-state index in [0.29, 0.717) is 17.6 Å². The lowest BCUT2D eigenvalue weighted by Crippen LogP contribution is -2.30. The van der Waals surface area contributed by atoms with Gasteiger partial charge in [0.25, 0.3) is 0 Å². The third-order valence-corrected chi connectivity index (χ3v) is 6.17. The van der Waals surface area contributed by atoms with Crippen molar-refractivity contribution in [1.29, 1.82) is 0 Å². The van der Waals surface area contributed by atoms with Gasteiger partial charge in [0.05, 0.1) is 11.7 Å². The van der Waals surface area contributed by atoms with Crippen molar-refractivity contribution in [3.8, 4) is 0 Å². The zero-order valence-electron chi connectivity index (χ0n) is 18.9. The molecule has 2 atom stereocenters. The number of anilines is 2. The number of pyridine rings is 1. The van der Waals surface area contributed by atoms with Crippen LogP contribution in [0.4, 0.5) is 11.4 Å². The molecular formula is C25H29N5OS. The van der Waals surface area contributed by atoms with Gasteiger partial charge in [0.2, 0.25) is 5.91 Å². The molecule has 1 aliphatic heterocycles. The van der Waals surface area contributed by atoms with Crippen molar-refractivity contribution in [2.75, 3.05) is 10.2 Å². The number of hydrogen-bond donors (Lipinski definition) is 2. The highest BCUT2D eigenvalue weighted by Crippen LogP contribution is 2.42. The lowest BCUT2D eigenvalue weighted by Gasteiger charge is -2.30. The zero-order valence-corrected chi connectivity index (χ0v) is 19.7. The van der Waals surface area contributed by atoms with Gasteiger partial charge in [0.1, 0.15) is 6.04 Å². The Morgan fingerprint density at radius 1 is 1.22 bits per heavy atom. The van der Waals surface area contributed by atoms with E-state index in [-0.39, 0.29) is 18.0 Å². The van der Waals surface area contributed by atoms with E-state index in [1.165, 1.54) is 5.69 Å². The van der Waals surface area contributed by atoms with Crippen LogP contribution in [0.25, 0.3) is 0 Å². The third-order valence-electron chi connectivity index (χ3n) is 5.85. The van der Waals surface area contributed by atoms with E-state index in [1.54, 1.807) is 0 Å². The topological polar surface area (TPSA) is 62.2 Å². The summed E-state index contributed by atoms with van der Waals surface area (Å²) in [6, 6.07) is 16.4. The van der Waals surface area contributed by atoms with Crippen molar-refractivity contribution in [3.05, 3.63) is 77.9 Å². The van der Waals surface area contributed by atoms with Gasteiger partial charge in [-0.3, -0.25) is 9.78 Å². The molecule has 0 saturated carbocycles. The molecular weight excluding hydrogens is 418 g/mol. The molecule has 1 amide bonds. The molecule has 0 aliphatic carbocycles. The van der Waals surface area contributed by atoms with E-state index in [0.717, 1.165) is 22.6 Å². The van der Waals surface area contributed by atoms with E-state index in [4.69, 9.17) is 12.2 Å². The van der Waals surface area contributed by atoms with Crippen LogP contribution in [0, 0.1) is 6.92 Å². The lowest BCUT2D eigenvalue weighted by molar-refractivity contribution is -0.115. The Hall–Kier alpha value is -3.19. The number of carbonyl (C=O) groups excluding carboxylic acids is 1. The summed E-state index contributed by atoms with van der Waals surface area (Å²) in [6.07, 6.45) is 4.38. The maximum Gasteiger partial charge on any atom is 0.224 e. The minimum atomic E-state index is -0.0872. The van der Waals surface area contributed by atoms with Gasteiger partial charge < -0.3 is 20.1 Å². The molecule has 6 nitrogen and oxygen atoms in total. The SMILES string of the molecule is CCC(=O)Nc1ccc(N2C(=S)N[C@@H](c3ccccn3)[C@H]2c2cccn2C(C)C)cc1C. The number of amides is 1. The number of benzene rings is 1. The van der Waals surface area contributed by atoms with E-state index < -0.39 is 0 Å². The Labute approximate surface area is 194 Å². The molecule has 0 radical (unpaired) electrons. The Balaban J connectivity index is 1.79. The van der Waals surface area contributed by atoms with Crippen LogP contribution in [0.2, 0.25) is 0 Å². The molecule has 3 heterocycles. The van der Waals surface area contributed by atoms with Crippen molar-refractivity contribution in [1.82, 2.24) is 14.9 Å². The molecule has 1 saturated heterocycles. The van der Waals surface area contributed by atoms with Crippen LogP contribution < -0.4 is 15.5 Å². The average molecular weight is 448 g/mol. The highest BCUT2D eigenvalue weighted by Gasteiger charge is 2.42. The maximum absolute atomic E-state index is 11.9. The molecule has 0 spiro atoms. The molecule has 3 aromatic rings. The summed E-state index contributed by atoms with van der Waals surface area (Å²) >= 11 is 5.83. The Morgan fingerprint density at radius 2 is 2.03 bits per heavy atom. The number of thiocarbonyl (C=S) groups is 1. The average Bonchev–Trinajstić information content (AvgIpc) is 3.40. The maximum atomic E-state index is 11.9. The highest BCUT2D eigenvalue weighted by molar-refractivity contribution is 7.80. The number of aryl methyl sites for hydroxylation is 1. The van der Waals surface area contributed by atoms with Crippen molar-refractivity contribution in [2.45, 2.75) is 52.2 Å². The summed E-state index contributed by atoms with van der Waals surface area (Å²) < 4.78 is 2.28. The summed E-state index contributed by atoms with van der Waals surface area (Å²) in [5.41, 5.74) is 4.91. The van der Waals surface area contributed by atoms with Gasteiger partial charge in [-0.2, -0.15) is 0 Å². The van der Waals surface area contributed by atoms with Crippen LogP contribution in [0.3, 0.4) is 0 Å². The van der Waals surface area contributed by atoms with Crippen molar-refractivity contribution < 1.29 is 4.79 Å². The molecule has 1 fully saturated rings. The third kappa shape index (κ3) is 4.12. The summed E-state index contributed by atoms with van der Waals surface area (Å²) in [6.45, 7) is 8.21. The summed E-state index contributed by atoms with van der Waals surface area (Å²) in [7, 11) is 0. The molecule has 1 aromatic carbocycles. The van der Waals surface area contributed by atoms with E-state index >= 15 is 0 Å². The summed E-state index contributed by atoms with van der Waals surface area (Å²) in [4.78, 5) is 18.7. The number of hydrogen-bond acceptors (Lipinski definition) is 3. The molecule has 2 aromatic heterocycles. The zero-order chi connectivity index (χ0) is 22.8. The van der Waals surface area contributed by atoms with Crippen molar-refractivity contribution in [2.24, 2.45) is 0 Å². The minimum absolute atomic E-state index is 0.00191. The van der Waals surface area contributed by atoms with Gasteiger partial charge in [-0.05, 0) is 81.0 Å². The first-order valence-corrected chi connectivity index (χ1v) is 11.4. The smallest absolute Gasteiger partial charge is 0.224 e. The quantitative estimate of drug-likeness (QED) is 0.502. The Bertz CT molecular complexity index is 1120. The molecule has 166 valence electrons. The number of rotatable bonds is 6. The number of nitrogens with one attached hydrogen (secondary N) is 2. The van der Waals surface area contributed by atoms with Crippen LogP contribution in [-0.4, -0.2) is 20.6 Å². The van der Waals surface area contributed by atoms with Gasteiger partial charge in [0.15, 0.2) is 5.11 Å². The van der Waals surface area contributed by atoms with Crippen molar-refractivity contribution >= 4 is 34.6 Å². The van der Waals surface area contributed by atoms with Crippen molar-refractivity contribution in [3.63, 3.8) is 0 Å². The lowest BCUT2D eigenvalue weighted by atomic mass is 10.00. The summed E-state index contributed by atoms with van der Waals surface area (Å²) in [5.74, 6) is 0.00191. The van der Waals surface area contributed by atoms with Gasteiger partial charge >= 0.3 is 0 Å². The molecule has 0 unspecified atom stereocenters. The Kier molecular flexibility index (Phi) is 6.28. The fourth-order valence-electron chi connectivity index (χ4n) is 4.24. The first kappa shape index (κ1) is 22.0. The standard InChI is InChI=1S/C25H29N5OS/c1-5-22(31)27-19-12-11-18(15-17(19)4)30-24(21-10-8-14-29(21)16(2)3)23(28-25(30)32)20-9-6-7-13-26-20/h6-16,23-24H,5H2,1-4H3,(H,27,31)(H,28,32)/t23-,24+/m0/s1. The van der Waals surface area contributed by atoms with Crippen LogP contribution in [0.1, 0.15) is 62.3 Å². The fraction of sp³-hybridized carbons (Fsp3) is 0.320. The molecule has 0 bridgehead atoms. The molecule has 7 heteroatoms. The molecule has 32 heavy (non-hydrogen) atoms. The van der Waals surface area contributed by atoms with E-state index in [2.05, 4.69) is 63.3 Å². The van der Waals surface area contributed by atoms with E-state index in [9.17, 15) is 4.79 Å². The van der Waals surface area contributed by atoms with Crippen LogP contribution in [0.5, 0.6) is 0 Å². The van der Waals surface area contributed by atoms with E-state index in [1.807, 2.05) is 50.4 Å². The second-order valence-electron chi connectivity index (χ2n) is 8.33. The number of aromatic nitrogens is 2. The molecule has 2 N–H and O–H groups in total. The van der Waals surface area contributed by atoms with Gasteiger partial charge in [-0.25, -0.2) is 0 Å². The van der Waals surface area contributed by atoms with Gasteiger partial charge in [0, 0.05) is 41.9 Å². The highest BCUT2D eigenvalue weighted by atomic mass is 32.1. The molecule has 4 rings (SSSR count). The predicted octanol–water partition coefficient (Wildman–Crippen LogP) is 5.30. The monoisotopic (exact) mass is 447 g/mol. The Morgan fingerprint density at radius 3 is 2.69 bits per heavy atom. The largest absolute Gasteiger partial charge is 0.351 e. The first-order valence-electron chi connectivity index (χ1n) is 11.0. The van der Waals surface area contributed by atoms with Crippen LogP contribution in [0.15, 0.2) is 60.9 Å². The normalized spacial score (nSPS) is 18.2. The second kappa shape index (κ2) is 9.12. The van der Waals surface area contributed by atoms with Crippen LogP contribution in [-0.2, 0) is 4.79 Å².